The number of nitrogens with one attached hydrogen (secondary N) is 1. The van der Waals surface area contributed by atoms with Crippen molar-refractivity contribution < 1.29 is 9.90 Å². The molecule has 0 saturated carbocycles. The minimum atomic E-state index is -0.0579. The van der Waals surface area contributed by atoms with Crippen LogP contribution in [-0.4, -0.2) is 40.2 Å². The van der Waals surface area contributed by atoms with Gasteiger partial charge in [0.05, 0.1) is 0 Å². The van der Waals surface area contributed by atoms with Gasteiger partial charge in [-0.15, -0.1) is 11.3 Å². The van der Waals surface area contributed by atoms with Crippen molar-refractivity contribution in [3.8, 4) is 0 Å². The number of nitrogens with zero attached hydrogens (tertiary/aromatic N) is 2. The zero-order valence-electron chi connectivity index (χ0n) is 11.3. The average Bonchev–Trinajstić information content (AvgIpc) is 3.04. The monoisotopic (exact) mass is 283 g/mol. The number of hydrogen-bond donors (Lipinski definition) is 2. The van der Waals surface area contributed by atoms with E-state index in [9.17, 15) is 4.79 Å². The van der Waals surface area contributed by atoms with Crippen molar-refractivity contribution in [1.82, 2.24) is 9.88 Å². The van der Waals surface area contributed by atoms with E-state index in [0.29, 0.717) is 5.13 Å². The predicted molar refractivity (Wildman–Crippen MR) is 76.6 cm³/mol. The SMILES string of the molecule is CCc1cnc(NC(=O)N2CCCC2CCCO)s1. The van der Waals surface area contributed by atoms with Crippen LogP contribution >= 0.6 is 11.3 Å². The number of aliphatic hydroxyl groups excluding tert-OH is 1. The van der Waals surface area contributed by atoms with Gasteiger partial charge >= 0.3 is 6.03 Å². The summed E-state index contributed by atoms with van der Waals surface area (Å²) in [6.07, 6.45) is 6.46. The molecule has 1 unspecified atom stereocenters. The third-order valence-corrected chi connectivity index (χ3v) is 4.51. The number of amides is 2. The van der Waals surface area contributed by atoms with Gasteiger partial charge in [-0.2, -0.15) is 0 Å². The van der Waals surface area contributed by atoms with E-state index in [1.165, 1.54) is 16.2 Å². The predicted octanol–water partition coefficient (Wildman–Crippen LogP) is 2.47. The number of aliphatic hydroxyl groups is 1. The molecule has 0 aromatic carbocycles. The fraction of sp³-hybridized carbons (Fsp3) is 0.692. The van der Waals surface area contributed by atoms with E-state index in [1.54, 1.807) is 0 Å². The fourth-order valence-corrected chi connectivity index (χ4v) is 3.16. The molecular weight excluding hydrogens is 262 g/mol. The summed E-state index contributed by atoms with van der Waals surface area (Å²) < 4.78 is 0. The number of carbonyl (C=O) groups excluding carboxylic acids is 1. The molecule has 2 amide bonds. The number of carbonyl (C=O) groups is 1. The quantitative estimate of drug-likeness (QED) is 0.872. The summed E-state index contributed by atoms with van der Waals surface area (Å²) >= 11 is 1.53. The lowest BCUT2D eigenvalue weighted by molar-refractivity contribution is 0.197. The maximum atomic E-state index is 12.2. The molecule has 1 aliphatic rings. The van der Waals surface area contributed by atoms with Crippen LogP contribution in [0.25, 0.3) is 0 Å². The summed E-state index contributed by atoms with van der Waals surface area (Å²) in [7, 11) is 0. The van der Waals surface area contributed by atoms with E-state index in [1.807, 2.05) is 11.1 Å². The third kappa shape index (κ3) is 3.67. The van der Waals surface area contributed by atoms with Crippen molar-refractivity contribution in [2.75, 3.05) is 18.5 Å². The van der Waals surface area contributed by atoms with E-state index in [2.05, 4.69) is 17.2 Å². The van der Waals surface area contributed by atoms with Crippen molar-refractivity contribution in [2.24, 2.45) is 0 Å². The van der Waals surface area contributed by atoms with Crippen LogP contribution in [0.5, 0.6) is 0 Å². The molecule has 1 atom stereocenters. The first-order valence-electron chi connectivity index (χ1n) is 6.87. The first-order chi connectivity index (χ1) is 9.24. The molecule has 2 rings (SSSR count). The average molecular weight is 283 g/mol. The van der Waals surface area contributed by atoms with E-state index in [0.717, 1.165) is 38.6 Å². The second-order valence-electron chi connectivity index (χ2n) is 4.77. The summed E-state index contributed by atoms with van der Waals surface area (Å²) in [5, 5.41) is 12.4. The number of hydrogen-bond acceptors (Lipinski definition) is 4. The molecule has 1 aromatic heterocycles. The van der Waals surface area contributed by atoms with Gasteiger partial charge in [-0.25, -0.2) is 9.78 Å². The van der Waals surface area contributed by atoms with Gasteiger partial charge in [0, 0.05) is 30.3 Å². The number of aryl methyl sites for hydroxylation is 1. The Morgan fingerprint density at radius 2 is 2.53 bits per heavy atom. The van der Waals surface area contributed by atoms with Gasteiger partial charge in [0.25, 0.3) is 0 Å². The minimum absolute atomic E-state index is 0.0579. The zero-order valence-corrected chi connectivity index (χ0v) is 12.1. The fourth-order valence-electron chi connectivity index (χ4n) is 2.42. The first kappa shape index (κ1) is 14.3. The van der Waals surface area contributed by atoms with Gasteiger partial charge in [0.2, 0.25) is 0 Å². The van der Waals surface area contributed by atoms with Crippen LogP contribution in [-0.2, 0) is 6.42 Å². The van der Waals surface area contributed by atoms with Gasteiger partial charge in [0.15, 0.2) is 5.13 Å². The smallest absolute Gasteiger partial charge is 0.323 e. The van der Waals surface area contributed by atoms with E-state index in [4.69, 9.17) is 5.11 Å². The van der Waals surface area contributed by atoms with E-state index in [-0.39, 0.29) is 18.7 Å². The maximum Gasteiger partial charge on any atom is 0.323 e. The van der Waals surface area contributed by atoms with Crippen molar-refractivity contribution in [3.63, 3.8) is 0 Å². The summed E-state index contributed by atoms with van der Waals surface area (Å²) in [6, 6.07) is 0.204. The number of aromatic nitrogens is 1. The number of likely N-dealkylation sites (tertiary alicyclic amines) is 1. The Labute approximate surface area is 117 Å². The first-order valence-corrected chi connectivity index (χ1v) is 7.69. The molecule has 2 heterocycles. The molecule has 106 valence electrons. The van der Waals surface area contributed by atoms with Gasteiger partial charge in [-0.05, 0) is 32.1 Å². The lowest BCUT2D eigenvalue weighted by Crippen LogP contribution is -2.38. The second-order valence-corrected chi connectivity index (χ2v) is 5.89. The summed E-state index contributed by atoms with van der Waals surface area (Å²) in [5.74, 6) is 0. The normalized spacial score (nSPS) is 18.8. The lowest BCUT2D eigenvalue weighted by Gasteiger charge is -2.24. The number of anilines is 1. The van der Waals surface area contributed by atoms with E-state index < -0.39 is 0 Å². The van der Waals surface area contributed by atoms with Gasteiger partial charge in [-0.1, -0.05) is 6.92 Å². The van der Waals surface area contributed by atoms with Crippen LogP contribution in [0.1, 0.15) is 37.5 Å². The Morgan fingerprint density at radius 3 is 3.21 bits per heavy atom. The number of thiazole rings is 1. The number of rotatable bonds is 5. The molecule has 6 heteroatoms. The molecular formula is C13H21N3O2S. The molecule has 0 aliphatic carbocycles. The minimum Gasteiger partial charge on any atom is -0.396 e. The topological polar surface area (TPSA) is 65.5 Å². The second kappa shape index (κ2) is 6.86. The van der Waals surface area contributed by atoms with Gasteiger partial charge in [0.1, 0.15) is 0 Å². The Morgan fingerprint density at radius 1 is 1.68 bits per heavy atom. The third-order valence-electron chi connectivity index (χ3n) is 3.45. The molecule has 0 radical (unpaired) electrons. The Kier molecular flexibility index (Phi) is 5.15. The van der Waals surface area contributed by atoms with Gasteiger partial charge in [-0.3, -0.25) is 5.32 Å². The molecule has 1 aromatic rings. The number of urea groups is 1. The Hall–Kier alpha value is -1.14. The van der Waals surface area contributed by atoms with Crippen LogP contribution in [0.3, 0.4) is 0 Å². The van der Waals surface area contributed by atoms with Crippen LogP contribution in [0.4, 0.5) is 9.93 Å². The highest BCUT2D eigenvalue weighted by molar-refractivity contribution is 7.15. The highest BCUT2D eigenvalue weighted by Crippen LogP contribution is 2.24. The molecule has 1 aliphatic heterocycles. The highest BCUT2D eigenvalue weighted by atomic mass is 32.1. The van der Waals surface area contributed by atoms with Crippen molar-refractivity contribution in [3.05, 3.63) is 11.1 Å². The van der Waals surface area contributed by atoms with Crippen LogP contribution in [0, 0.1) is 0 Å². The molecule has 5 nitrogen and oxygen atoms in total. The van der Waals surface area contributed by atoms with Crippen LogP contribution in [0.2, 0.25) is 0 Å². The summed E-state index contributed by atoms with van der Waals surface area (Å²) in [5.41, 5.74) is 0. The Bertz CT molecular complexity index is 422. The zero-order chi connectivity index (χ0) is 13.7. The van der Waals surface area contributed by atoms with Crippen molar-refractivity contribution >= 4 is 22.5 Å². The van der Waals surface area contributed by atoms with Gasteiger partial charge < -0.3 is 10.0 Å². The summed E-state index contributed by atoms with van der Waals surface area (Å²) in [4.78, 5) is 19.5. The largest absolute Gasteiger partial charge is 0.396 e. The molecule has 0 spiro atoms. The molecule has 19 heavy (non-hydrogen) atoms. The molecule has 1 fully saturated rings. The summed E-state index contributed by atoms with van der Waals surface area (Å²) in [6.45, 7) is 3.07. The Balaban J connectivity index is 1.91. The van der Waals surface area contributed by atoms with Crippen molar-refractivity contribution in [1.29, 1.82) is 0 Å². The lowest BCUT2D eigenvalue weighted by atomic mass is 10.1. The highest BCUT2D eigenvalue weighted by Gasteiger charge is 2.28. The maximum absolute atomic E-state index is 12.2. The van der Waals surface area contributed by atoms with Crippen molar-refractivity contribution in [2.45, 2.75) is 45.1 Å². The molecule has 2 N–H and O–H groups in total. The molecule has 1 saturated heterocycles. The molecule has 0 bridgehead atoms. The van der Waals surface area contributed by atoms with E-state index >= 15 is 0 Å². The van der Waals surface area contributed by atoms with Crippen LogP contribution in [0.15, 0.2) is 6.20 Å². The standard InChI is InChI=1S/C13H21N3O2S/c1-2-11-9-14-12(19-11)15-13(18)16-7-3-5-10(16)6-4-8-17/h9-10,17H,2-8H2,1H3,(H,14,15,18). The van der Waals surface area contributed by atoms with Crippen LogP contribution < -0.4 is 5.32 Å².